The van der Waals surface area contributed by atoms with Crippen molar-refractivity contribution in [3.05, 3.63) is 29.8 Å². The van der Waals surface area contributed by atoms with Gasteiger partial charge in [-0.05, 0) is 19.0 Å². The van der Waals surface area contributed by atoms with E-state index in [4.69, 9.17) is 4.74 Å². The Labute approximate surface area is 152 Å². The van der Waals surface area contributed by atoms with Crippen LogP contribution >= 0.6 is 0 Å². The molecule has 1 saturated heterocycles. The van der Waals surface area contributed by atoms with Crippen molar-refractivity contribution >= 4 is 5.91 Å². The van der Waals surface area contributed by atoms with Gasteiger partial charge in [0.25, 0.3) is 0 Å². The zero-order chi connectivity index (χ0) is 18.1. The molecule has 1 aliphatic heterocycles. The van der Waals surface area contributed by atoms with Gasteiger partial charge in [0.05, 0.1) is 13.2 Å². The lowest BCUT2D eigenvalue weighted by Crippen LogP contribution is -2.49. The normalized spacial score (nSPS) is 17.2. The first-order valence-corrected chi connectivity index (χ1v) is 9.55. The second-order valence-corrected chi connectivity index (χ2v) is 6.64. The van der Waals surface area contributed by atoms with E-state index in [1.54, 1.807) is 7.11 Å². The van der Waals surface area contributed by atoms with Crippen LogP contribution < -0.4 is 10.1 Å². The van der Waals surface area contributed by atoms with Gasteiger partial charge in [-0.15, -0.1) is 0 Å². The van der Waals surface area contributed by atoms with Crippen molar-refractivity contribution in [2.75, 3.05) is 46.4 Å². The minimum Gasteiger partial charge on any atom is -0.496 e. The zero-order valence-corrected chi connectivity index (χ0v) is 16.0. The topological polar surface area (TPSA) is 44.8 Å². The van der Waals surface area contributed by atoms with E-state index in [2.05, 4.69) is 35.0 Å². The average Bonchev–Trinajstić information content (AvgIpc) is 2.67. The molecule has 1 atom stereocenters. The van der Waals surface area contributed by atoms with E-state index in [1.807, 2.05) is 18.2 Å². The number of likely N-dealkylation sites (N-methyl/N-ethyl adjacent to an activating group) is 1. The third kappa shape index (κ3) is 5.72. The van der Waals surface area contributed by atoms with E-state index >= 15 is 0 Å². The highest BCUT2D eigenvalue weighted by Gasteiger charge is 2.26. The molecule has 0 aromatic heterocycles. The average molecular weight is 348 g/mol. The molecule has 5 heteroatoms. The van der Waals surface area contributed by atoms with Crippen LogP contribution in [0.25, 0.3) is 0 Å². The fourth-order valence-electron chi connectivity index (χ4n) is 3.40. The number of hydrogen-bond donors (Lipinski definition) is 1. The highest BCUT2D eigenvalue weighted by molar-refractivity contribution is 5.75. The summed E-state index contributed by atoms with van der Waals surface area (Å²) in [7, 11) is 1.71. The molecular weight excluding hydrogens is 314 g/mol. The monoisotopic (exact) mass is 347 g/mol. The summed E-state index contributed by atoms with van der Waals surface area (Å²) in [5.74, 6) is 1.04. The molecule has 0 bridgehead atoms. The molecule has 1 N–H and O–H groups in total. The molecule has 140 valence electrons. The molecule has 25 heavy (non-hydrogen) atoms. The van der Waals surface area contributed by atoms with Gasteiger partial charge in [-0.1, -0.05) is 38.5 Å². The molecule has 0 spiro atoms. The molecular formula is C20H33N3O2. The number of para-hydroxylation sites is 1. The number of rotatable bonds is 9. The van der Waals surface area contributed by atoms with Crippen molar-refractivity contribution in [3.63, 3.8) is 0 Å². The number of unbranched alkanes of at least 4 members (excludes halogenated alkanes) is 1. The number of carbonyl (C=O) groups excluding carboxylic acids is 1. The number of carbonyl (C=O) groups is 1. The van der Waals surface area contributed by atoms with Gasteiger partial charge in [0.2, 0.25) is 5.91 Å². The first-order chi connectivity index (χ1) is 12.2. The number of hydrogen-bond acceptors (Lipinski definition) is 4. The standard InChI is InChI=1S/C20H33N3O2/c1-4-6-11-20(24)21-16-18(17-9-7-8-10-19(17)25-3)23-14-12-22(5-2)13-15-23/h7-10,18H,4-6,11-16H2,1-3H3,(H,21,24). The van der Waals surface area contributed by atoms with Gasteiger partial charge in [-0.3, -0.25) is 9.69 Å². The van der Waals surface area contributed by atoms with Crippen LogP contribution in [0, 0.1) is 0 Å². The highest BCUT2D eigenvalue weighted by Crippen LogP contribution is 2.29. The van der Waals surface area contributed by atoms with Crippen molar-refractivity contribution in [1.82, 2.24) is 15.1 Å². The Morgan fingerprint density at radius 3 is 2.56 bits per heavy atom. The summed E-state index contributed by atoms with van der Waals surface area (Å²) in [5, 5.41) is 3.14. The summed E-state index contributed by atoms with van der Waals surface area (Å²) in [5.41, 5.74) is 1.16. The number of benzene rings is 1. The Morgan fingerprint density at radius 2 is 1.92 bits per heavy atom. The summed E-state index contributed by atoms with van der Waals surface area (Å²) < 4.78 is 5.58. The quantitative estimate of drug-likeness (QED) is 0.746. The van der Waals surface area contributed by atoms with E-state index in [9.17, 15) is 4.79 Å². The van der Waals surface area contributed by atoms with Crippen molar-refractivity contribution in [3.8, 4) is 5.75 Å². The van der Waals surface area contributed by atoms with Gasteiger partial charge in [-0.2, -0.15) is 0 Å². The Balaban J connectivity index is 2.10. The lowest BCUT2D eigenvalue weighted by molar-refractivity contribution is -0.121. The molecule has 1 aromatic rings. The van der Waals surface area contributed by atoms with E-state index in [1.165, 1.54) is 0 Å². The largest absolute Gasteiger partial charge is 0.496 e. The molecule has 1 aliphatic rings. The van der Waals surface area contributed by atoms with Gasteiger partial charge in [0.1, 0.15) is 5.75 Å². The molecule has 1 unspecified atom stereocenters. The SMILES string of the molecule is CCCCC(=O)NCC(c1ccccc1OC)N1CCN(CC)CC1. The van der Waals surface area contributed by atoms with Crippen molar-refractivity contribution in [2.45, 2.75) is 39.2 Å². The number of piperazine rings is 1. The van der Waals surface area contributed by atoms with Crippen LogP contribution in [0.1, 0.15) is 44.7 Å². The lowest BCUT2D eigenvalue weighted by atomic mass is 10.0. The lowest BCUT2D eigenvalue weighted by Gasteiger charge is -2.39. The van der Waals surface area contributed by atoms with Gasteiger partial charge < -0.3 is 15.0 Å². The number of methoxy groups -OCH3 is 1. The van der Waals surface area contributed by atoms with Crippen molar-refractivity contribution in [2.24, 2.45) is 0 Å². The van der Waals surface area contributed by atoms with Crippen LogP contribution in [-0.2, 0) is 4.79 Å². The number of amides is 1. The van der Waals surface area contributed by atoms with Crippen LogP contribution in [0.2, 0.25) is 0 Å². The second-order valence-electron chi connectivity index (χ2n) is 6.64. The third-order valence-corrected chi connectivity index (χ3v) is 5.04. The van der Waals surface area contributed by atoms with E-state index < -0.39 is 0 Å². The van der Waals surface area contributed by atoms with Crippen LogP contribution in [-0.4, -0.2) is 62.1 Å². The molecule has 5 nitrogen and oxygen atoms in total. The Morgan fingerprint density at radius 1 is 1.20 bits per heavy atom. The second kappa shape index (κ2) is 10.4. The van der Waals surface area contributed by atoms with E-state index in [-0.39, 0.29) is 11.9 Å². The first kappa shape index (κ1) is 19.7. The maximum atomic E-state index is 12.1. The van der Waals surface area contributed by atoms with Crippen LogP contribution in [0.3, 0.4) is 0 Å². The molecule has 1 aromatic carbocycles. The summed E-state index contributed by atoms with van der Waals surface area (Å²) >= 11 is 0. The molecule has 0 saturated carbocycles. The predicted octanol–water partition coefficient (Wildman–Crippen LogP) is 2.68. The number of ether oxygens (including phenoxy) is 1. The summed E-state index contributed by atoms with van der Waals surface area (Å²) in [6, 6.07) is 8.32. The van der Waals surface area contributed by atoms with E-state index in [0.717, 1.165) is 56.9 Å². The maximum Gasteiger partial charge on any atom is 0.220 e. The maximum absolute atomic E-state index is 12.1. The Bertz CT molecular complexity index is 527. The first-order valence-electron chi connectivity index (χ1n) is 9.55. The minimum absolute atomic E-state index is 0.147. The van der Waals surface area contributed by atoms with Gasteiger partial charge in [0, 0.05) is 44.7 Å². The fraction of sp³-hybridized carbons (Fsp3) is 0.650. The summed E-state index contributed by atoms with van der Waals surface area (Å²) in [6.07, 6.45) is 2.60. The Kier molecular flexibility index (Phi) is 8.22. The molecule has 1 fully saturated rings. The summed E-state index contributed by atoms with van der Waals surface area (Å²) in [6.45, 7) is 10.2. The van der Waals surface area contributed by atoms with Gasteiger partial charge in [0.15, 0.2) is 0 Å². The molecule has 1 heterocycles. The van der Waals surface area contributed by atoms with Crippen molar-refractivity contribution < 1.29 is 9.53 Å². The highest BCUT2D eigenvalue weighted by atomic mass is 16.5. The molecule has 1 amide bonds. The van der Waals surface area contributed by atoms with Gasteiger partial charge in [-0.25, -0.2) is 0 Å². The molecule has 2 rings (SSSR count). The summed E-state index contributed by atoms with van der Waals surface area (Å²) in [4.78, 5) is 17.0. The van der Waals surface area contributed by atoms with Crippen LogP contribution in [0.5, 0.6) is 5.75 Å². The predicted molar refractivity (Wildman–Crippen MR) is 102 cm³/mol. The minimum atomic E-state index is 0.147. The smallest absolute Gasteiger partial charge is 0.220 e. The van der Waals surface area contributed by atoms with E-state index in [0.29, 0.717) is 13.0 Å². The molecule has 0 aliphatic carbocycles. The fourth-order valence-corrected chi connectivity index (χ4v) is 3.40. The number of nitrogens with one attached hydrogen (secondary N) is 1. The zero-order valence-electron chi connectivity index (χ0n) is 16.0. The van der Waals surface area contributed by atoms with Crippen LogP contribution in [0.4, 0.5) is 0 Å². The van der Waals surface area contributed by atoms with Gasteiger partial charge >= 0.3 is 0 Å². The Hall–Kier alpha value is -1.59. The van der Waals surface area contributed by atoms with Crippen LogP contribution in [0.15, 0.2) is 24.3 Å². The third-order valence-electron chi connectivity index (χ3n) is 5.04. The molecule has 0 radical (unpaired) electrons. The van der Waals surface area contributed by atoms with Crippen molar-refractivity contribution in [1.29, 1.82) is 0 Å². The number of nitrogens with zero attached hydrogens (tertiary/aromatic N) is 2.